The third kappa shape index (κ3) is 3.47. The summed E-state index contributed by atoms with van der Waals surface area (Å²) >= 11 is 12.6. The number of imidazole rings is 1. The molecular formula is C20H22Cl2N4. The first-order valence-corrected chi connectivity index (χ1v) is 9.74. The van der Waals surface area contributed by atoms with E-state index in [4.69, 9.17) is 28.2 Å². The zero-order valence-corrected chi connectivity index (χ0v) is 16.3. The number of aromatic nitrogens is 2. The van der Waals surface area contributed by atoms with E-state index < -0.39 is 0 Å². The van der Waals surface area contributed by atoms with E-state index in [9.17, 15) is 0 Å². The number of fused-ring (bicyclic) bond motifs is 1. The van der Waals surface area contributed by atoms with Gasteiger partial charge < -0.3 is 9.72 Å². The highest BCUT2D eigenvalue weighted by Crippen LogP contribution is 2.33. The maximum absolute atomic E-state index is 6.51. The maximum atomic E-state index is 6.51. The van der Waals surface area contributed by atoms with Gasteiger partial charge in [-0.15, -0.1) is 0 Å². The molecule has 6 heteroatoms. The van der Waals surface area contributed by atoms with E-state index in [-0.39, 0.29) is 0 Å². The number of halogens is 2. The minimum Gasteiger partial charge on any atom is -0.315 e. The Bertz CT molecular complexity index is 927. The van der Waals surface area contributed by atoms with Crippen molar-refractivity contribution >= 4 is 28.8 Å². The summed E-state index contributed by atoms with van der Waals surface area (Å²) in [5.74, 6) is 0. The number of nitrogens with one attached hydrogen (secondary N) is 1. The van der Waals surface area contributed by atoms with Crippen molar-refractivity contribution < 1.29 is 0 Å². The molecule has 3 aromatic rings. The maximum Gasteiger partial charge on any atom is 0.140 e. The molecule has 1 fully saturated rings. The lowest BCUT2D eigenvalue weighted by molar-refractivity contribution is 0.281. The van der Waals surface area contributed by atoms with Crippen LogP contribution in [0.25, 0.3) is 16.9 Å². The van der Waals surface area contributed by atoms with Crippen molar-refractivity contribution in [2.45, 2.75) is 19.9 Å². The molecule has 2 aromatic heterocycles. The molecule has 1 saturated heterocycles. The van der Waals surface area contributed by atoms with Crippen molar-refractivity contribution in [1.29, 1.82) is 0 Å². The Hall–Kier alpha value is -1.59. The van der Waals surface area contributed by atoms with Crippen LogP contribution in [-0.2, 0) is 6.54 Å². The smallest absolute Gasteiger partial charge is 0.140 e. The molecule has 3 heterocycles. The first kappa shape index (κ1) is 17.8. The molecule has 1 N–H and O–H groups in total. The first-order chi connectivity index (χ1) is 12.6. The third-order valence-corrected chi connectivity index (χ3v) is 5.48. The van der Waals surface area contributed by atoms with Gasteiger partial charge in [0.2, 0.25) is 0 Å². The lowest BCUT2D eigenvalue weighted by Crippen LogP contribution is -2.28. The van der Waals surface area contributed by atoms with E-state index in [1.807, 2.05) is 12.1 Å². The van der Waals surface area contributed by atoms with Crippen molar-refractivity contribution in [3.05, 3.63) is 57.8 Å². The molecule has 0 amide bonds. The van der Waals surface area contributed by atoms with E-state index in [2.05, 4.69) is 39.9 Å². The fraction of sp³-hybridized carbons (Fsp3) is 0.350. The molecule has 0 unspecified atom stereocenters. The third-order valence-electron chi connectivity index (χ3n) is 4.94. The quantitative estimate of drug-likeness (QED) is 0.720. The molecule has 0 saturated carbocycles. The van der Waals surface area contributed by atoms with Gasteiger partial charge in [-0.3, -0.25) is 4.90 Å². The van der Waals surface area contributed by atoms with Crippen molar-refractivity contribution in [2.24, 2.45) is 0 Å². The molecule has 0 radical (unpaired) electrons. The highest BCUT2D eigenvalue weighted by atomic mass is 35.5. The highest BCUT2D eigenvalue weighted by Gasteiger charge is 2.20. The van der Waals surface area contributed by atoms with Gasteiger partial charge in [-0.1, -0.05) is 29.3 Å². The number of hydrogen-bond acceptors (Lipinski definition) is 3. The Morgan fingerprint density at radius 3 is 2.88 bits per heavy atom. The van der Waals surface area contributed by atoms with Gasteiger partial charge in [0, 0.05) is 36.4 Å². The lowest BCUT2D eigenvalue weighted by Gasteiger charge is -2.20. The molecule has 0 atom stereocenters. The summed E-state index contributed by atoms with van der Waals surface area (Å²) in [5, 5.41) is 4.74. The van der Waals surface area contributed by atoms with Gasteiger partial charge in [-0.05, 0) is 56.3 Å². The normalized spacial score (nSPS) is 16.1. The van der Waals surface area contributed by atoms with Crippen LogP contribution in [-0.4, -0.2) is 40.5 Å². The van der Waals surface area contributed by atoms with Crippen LogP contribution >= 0.6 is 23.2 Å². The van der Waals surface area contributed by atoms with Crippen molar-refractivity contribution in [2.75, 3.05) is 26.2 Å². The molecule has 0 spiro atoms. The van der Waals surface area contributed by atoms with Gasteiger partial charge in [-0.2, -0.15) is 0 Å². The minimum atomic E-state index is 0.636. The summed E-state index contributed by atoms with van der Waals surface area (Å²) < 4.78 is 2.20. The van der Waals surface area contributed by atoms with Gasteiger partial charge in [0.1, 0.15) is 5.65 Å². The predicted molar refractivity (Wildman–Crippen MR) is 108 cm³/mol. The van der Waals surface area contributed by atoms with Crippen molar-refractivity contribution in [3.8, 4) is 11.3 Å². The summed E-state index contributed by atoms with van der Waals surface area (Å²) in [7, 11) is 0. The second-order valence-electron chi connectivity index (χ2n) is 6.80. The number of aryl methyl sites for hydroxylation is 1. The van der Waals surface area contributed by atoms with Crippen molar-refractivity contribution in [1.82, 2.24) is 19.6 Å². The summed E-state index contributed by atoms with van der Waals surface area (Å²) in [6.07, 6.45) is 3.25. The molecule has 0 aliphatic carbocycles. The Morgan fingerprint density at radius 1 is 1.15 bits per heavy atom. The average molecular weight is 389 g/mol. The lowest BCUT2D eigenvalue weighted by atomic mass is 10.1. The molecular weight excluding hydrogens is 367 g/mol. The van der Waals surface area contributed by atoms with Gasteiger partial charge in [0.05, 0.1) is 16.4 Å². The van der Waals surface area contributed by atoms with E-state index in [1.54, 1.807) is 6.07 Å². The summed E-state index contributed by atoms with van der Waals surface area (Å²) in [4.78, 5) is 7.44. The number of benzene rings is 1. The average Bonchev–Trinajstić information content (AvgIpc) is 2.79. The number of rotatable bonds is 3. The summed E-state index contributed by atoms with van der Waals surface area (Å²) in [5.41, 5.74) is 5.19. The Balaban J connectivity index is 1.84. The van der Waals surface area contributed by atoms with Gasteiger partial charge in [0.25, 0.3) is 0 Å². The van der Waals surface area contributed by atoms with E-state index >= 15 is 0 Å². The molecule has 0 bridgehead atoms. The zero-order valence-electron chi connectivity index (χ0n) is 14.8. The first-order valence-electron chi connectivity index (χ1n) is 8.98. The number of nitrogens with zero attached hydrogens (tertiary/aromatic N) is 3. The summed E-state index contributed by atoms with van der Waals surface area (Å²) in [6.45, 7) is 7.16. The minimum absolute atomic E-state index is 0.636. The van der Waals surface area contributed by atoms with E-state index in [1.165, 1.54) is 5.69 Å². The largest absolute Gasteiger partial charge is 0.315 e. The molecule has 26 heavy (non-hydrogen) atoms. The number of pyridine rings is 1. The van der Waals surface area contributed by atoms with Crippen LogP contribution < -0.4 is 5.32 Å². The Morgan fingerprint density at radius 2 is 2.04 bits per heavy atom. The van der Waals surface area contributed by atoms with Crippen LogP contribution in [0.15, 0.2) is 36.5 Å². The van der Waals surface area contributed by atoms with Crippen LogP contribution in [0.1, 0.15) is 17.7 Å². The second kappa shape index (κ2) is 7.57. The van der Waals surface area contributed by atoms with Crippen LogP contribution in [0.3, 0.4) is 0 Å². The second-order valence-corrected chi connectivity index (χ2v) is 7.64. The van der Waals surface area contributed by atoms with Crippen LogP contribution in [0, 0.1) is 6.92 Å². The Kier molecular flexibility index (Phi) is 5.18. The molecule has 4 nitrogen and oxygen atoms in total. The van der Waals surface area contributed by atoms with E-state index in [0.717, 1.165) is 61.6 Å². The fourth-order valence-corrected chi connectivity index (χ4v) is 4.07. The standard InChI is InChI=1S/C20H22Cl2N4/c1-14-4-2-10-26-18(13-25-9-3-7-23-8-11-25)19(24-20(14)26)16-6-5-15(21)12-17(16)22/h2,4-6,10,12,23H,3,7-9,11,13H2,1H3. The Labute approximate surface area is 163 Å². The highest BCUT2D eigenvalue weighted by molar-refractivity contribution is 6.36. The monoisotopic (exact) mass is 388 g/mol. The van der Waals surface area contributed by atoms with E-state index in [0.29, 0.717) is 10.0 Å². The molecule has 1 aliphatic rings. The zero-order chi connectivity index (χ0) is 18.1. The van der Waals surface area contributed by atoms with Gasteiger partial charge in [0.15, 0.2) is 0 Å². The van der Waals surface area contributed by atoms with Gasteiger partial charge in [-0.25, -0.2) is 4.98 Å². The van der Waals surface area contributed by atoms with Gasteiger partial charge >= 0.3 is 0 Å². The molecule has 4 rings (SSSR count). The SMILES string of the molecule is Cc1cccn2c(CN3CCCNCC3)c(-c3ccc(Cl)cc3Cl)nc12. The summed E-state index contributed by atoms with van der Waals surface area (Å²) in [6, 6.07) is 9.80. The molecule has 136 valence electrons. The predicted octanol–water partition coefficient (Wildman–Crippen LogP) is 4.41. The fourth-order valence-electron chi connectivity index (χ4n) is 3.57. The molecule has 1 aromatic carbocycles. The topological polar surface area (TPSA) is 32.6 Å². The van der Waals surface area contributed by atoms with Crippen LogP contribution in [0.2, 0.25) is 10.0 Å². The van der Waals surface area contributed by atoms with Crippen LogP contribution in [0.4, 0.5) is 0 Å². The van der Waals surface area contributed by atoms with Crippen LogP contribution in [0.5, 0.6) is 0 Å². The van der Waals surface area contributed by atoms with Crippen molar-refractivity contribution in [3.63, 3.8) is 0 Å². The number of hydrogen-bond donors (Lipinski definition) is 1. The molecule has 1 aliphatic heterocycles.